The van der Waals surface area contributed by atoms with Crippen LogP contribution in [0.15, 0.2) is 0 Å². The number of amides is 2. The minimum atomic E-state index is -1.04. The molecule has 1 rings (SSSR count). The lowest BCUT2D eigenvalue weighted by atomic mass is 10.1. The number of methoxy groups -OCH3 is 1. The Kier molecular flexibility index (Phi) is 6.44. The van der Waals surface area contributed by atoms with Crippen LogP contribution < -0.4 is 5.32 Å². The van der Waals surface area contributed by atoms with E-state index in [0.717, 1.165) is 0 Å². The molecule has 7 heteroatoms. The molecule has 0 aromatic carbocycles. The molecule has 2 atom stereocenters. The molecule has 114 valence electrons. The molecular formula is C13H22N2O5. The van der Waals surface area contributed by atoms with Crippen LogP contribution in [-0.4, -0.2) is 60.6 Å². The molecule has 0 aromatic heterocycles. The number of nitrogens with one attached hydrogen (secondary N) is 1. The van der Waals surface area contributed by atoms with Crippen LogP contribution in [0.25, 0.3) is 0 Å². The molecule has 2 unspecified atom stereocenters. The van der Waals surface area contributed by atoms with E-state index in [9.17, 15) is 14.4 Å². The van der Waals surface area contributed by atoms with E-state index in [-0.39, 0.29) is 18.2 Å². The summed E-state index contributed by atoms with van der Waals surface area (Å²) in [6.07, 6.45) is 1.18. The molecule has 0 aromatic rings. The third kappa shape index (κ3) is 4.48. The maximum Gasteiger partial charge on any atom is 0.326 e. The summed E-state index contributed by atoms with van der Waals surface area (Å²) >= 11 is 0. The van der Waals surface area contributed by atoms with Gasteiger partial charge in [0, 0.05) is 26.6 Å². The lowest BCUT2D eigenvalue weighted by Gasteiger charge is -2.18. The number of carbonyl (C=O) groups is 3. The average molecular weight is 286 g/mol. The minimum Gasteiger partial charge on any atom is -0.480 e. The fraction of sp³-hybridized carbons (Fsp3) is 0.769. The van der Waals surface area contributed by atoms with Crippen molar-refractivity contribution in [2.24, 2.45) is 5.92 Å². The fourth-order valence-electron chi connectivity index (χ4n) is 2.20. The zero-order valence-electron chi connectivity index (χ0n) is 11.9. The Morgan fingerprint density at radius 1 is 1.55 bits per heavy atom. The second-order valence-electron chi connectivity index (χ2n) is 4.92. The van der Waals surface area contributed by atoms with Gasteiger partial charge < -0.3 is 20.1 Å². The van der Waals surface area contributed by atoms with Gasteiger partial charge in [-0.05, 0) is 6.42 Å². The number of hydrogen-bond donors (Lipinski definition) is 2. The van der Waals surface area contributed by atoms with E-state index in [1.165, 1.54) is 0 Å². The molecule has 0 bridgehead atoms. The second-order valence-corrected chi connectivity index (χ2v) is 4.92. The summed E-state index contributed by atoms with van der Waals surface area (Å²) in [5.41, 5.74) is 0. The fourth-order valence-corrected chi connectivity index (χ4v) is 2.20. The van der Waals surface area contributed by atoms with Crippen LogP contribution in [0.2, 0.25) is 0 Å². The van der Waals surface area contributed by atoms with E-state index >= 15 is 0 Å². The van der Waals surface area contributed by atoms with Gasteiger partial charge in [-0.25, -0.2) is 4.79 Å². The lowest BCUT2D eigenvalue weighted by molar-refractivity contribution is -0.142. The number of carbonyl (C=O) groups excluding carboxylic acids is 2. The van der Waals surface area contributed by atoms with Crippen LogP contribution in [0.1, 0.15) is 26.2 Å². The van der Waals surface area contributed by atoms with Crippen molar-refractivity contribution in [2.75, 3.05) is 26.8 Å². The van der Waals surface area contributed by atoms with E-state index in [1.54, 1.807) is 12.0 Å². The molecule has 1 heterocycles. The van der Waals surface area contributed by atoms with E-state index in [2.05, 4.69) is 5.32 Å². The molecule has 2 amide bonds. The number of carboxylic acids is 1. The first-order chi connectivity index (χ1) is 9.49. The van der Waals surface area contributed by atoms with Gasteiger partial charge in [0.2, 0.25) is 11.8 Å². The number of likely N-dealkylation sites (tertiary alicyclic amines) is 1. The molecule has 0 radical (unpaired) electrons. The number of ether oxygens (including phenoxy) is 1. The Balaban J connectivity index is 2.52. The number of aliphatic carboxylic acids is 1. The van der Waals surface area contributed by atoms with Crippen LogP contribution in [-0.2, 0) is 19.1 Å². The topological polar surface area (TPSA) is 95.9 Å². The van der Waals surface area contributed by atoms with Gasteiger partial charge in [-0.1, -0.05) is 13.3 Å². The van der Waals surface area contributed by atoms with Gasteiger partial charge in [-0.15, -0.1) is 0 Å². The summed E-state index contributed by atoms with van der Waals surface area (Å²) in [6, 6.07) is -0.879. The predicted molar refractivity (Wildman–Crippen MR) is 71.0 cm³/mol. The first-order valence-electron chi connectivity index (χ1n) is 6.79. The number of carboxylic acid groups (broad SMARTS) is 1. The summed E-state index contributed by atoms with van der Waals surface area (Å²) in [5.74, 6) is -1.97. The highest BCUT2D eigenvalue weighted by atomic mass is 16.5. The second kappa shape index (κ2) is 7.84. The Labute approximate surface area is 118 Å². The predicted octanol–water partition coefficient (Wildman–Crippen LogP) is -0.149. The van der Waals surface area contributed by atoms with E-state index in [1.807, 2.05) is 6.92 Å². The first kappa shape index (κ1) is 16.4. The van der Waals surface area contributed by atoms with Crippen LogP contribution in [0.5, 0.6) is 0 Å². The summed E-state index contributed by atoms with van der Waals surface area (Å²) in [7, 11) is 1.55. The van der Waals surface area contributed by atoms with Gasteiger partial charge in [0.25, 0.3) is 0 Å². The maximum atomic E-state index is 12.0. The summed E-state index contributed by atoms with van der Waals surface area (Å²) in [4.78, 5) is 36.3. The van der Waals surface area contributed by atoms with Crippen molar-refractivity contribution in [3.05, 3.63) is 0 Å². The average Bonchev–Trinajstić information content (AvgIpc) is 2.77. The third-order valence-corrected chi connectivity index (χ3v) is 3.34. The summed E-state index contributed by atoms with van der Waals surface area (Å²) < 4.78 is 4.90. The van der Waals surface area contributed by atoms with Gasteiger partial charge in [0.1, 0.15) is 6.04 Å². The molecular weight excluding hydrogens is 264 g/mol. The first-order valence-corrected chi connectivity index (χ1v) is 6.79. The number of hydrogen-bond acceptors (Lipinski definition) is 4. The van der Waals surface area contributed by atoms with Gasteiger partial charge in [-0.3, -0.25) is 9.59 Å². The highest BCUT2D eigenvalue weighted by Crippen LogP contribution is 2.18. The zero-order chi connectivity index (χ0) is 15.1. The Hall–Kier alpha value is -1.63. The SMILES string of the molecule is CCCC(NC(=O)C1CC(=O)N(CCOC)C1)C(=O)O. The van der Waals surface area contributed by atoms with E-state index in [4.69, 9.17) is 9.84 Å². The molecule has 20 heavy (non-hydrogen) atoms. The maximum absolute atomic E-state index is 12.0. The Bertz CT molecular complexity index is 372. The van der Waals surface area contributed by atoms with Crippen molar-refractivity contribution in [2.45, 2.75) is 32.2 Å². The Morgan fingerprint density at radius 3 is 2.80 bits per heavy atom. The van der Waals surface area contributed by atoms with Crippen LogP contribution in [0.3, 0.4) is 0 Å². The molecule has 1 saturated heterocycles. The quantitative estimate of drug-likeness (QED) is 0.647. The van der Waals surface area contributed by atoms with E-state index in [0.29, 0.717) is 32.5 Å². The van der Waals surface area contributed by atoms with Crippen molar-refractivity contribution in [3.63, 3.8) is 0 Å². The zero-order valence-corrected chi connectivity index (χ0v) is 11.9. The largest absolute Gasteiger partial charge is 0.480 e. The molecule has 0 aliphatic carbocycles. The summed E-state index contributed by atoms with van der Waals surface area (Å²) in [5, 5.41) is 11.5. The number of rotatable bonds is 8. The standard InChI is InChI=1S/C13H22N2O5/c1-3-4-10(13(18)19)14-12(17)9-7-11(16)15(8-9)5-6-20-2/h9-10H,3-8H2,1-2H3,(H,14,17)(H,18,19). The molecule has 0 saturated carbocycles. The van der Waals surface area contributed by atoms with Crippen LogP contribution in [0.4, 0.5) is 0 Å². The molecule has 0 spiro atoms. The molecule has 1 aliphatic rings. The minimum absolute atomic E-state index is 0.0930. The molecule has 7 nitrogen and oxygen atoms in total. The van der Waals surface area contributed by atoms with Gasteiger partial charge >= 0.3 is 5.97 Å². The van der Waals surface area contributed by atoms with Gasteiger partial charge in [0.05, 0.1) is 12.5 Å². The molecule has 2 N–H and O–H groups in total. The monoisotopic (exact) mass is 286 g/mol. The van der Waals surface area contributed by atoms with Crippen molar-refractivity contribution in [3.8, 4) is 0 Å². The van der Waals surface area contributed by atoms with Gasteiger partial charge in [-0.2, -0.15) is 0 Å². The summed E-state index contributed by atoms with van der Waals surface area (Å²) in [6.45, 7) is 3.06. The molecule has 1 fully saturated rings. The van der Waals surface area contributed by atoms with Gasteiger partial charge in [0.15, 0.2) is 0 Å². The molecule has 1 aliphatic heterocycles. The van der Waals surface area contributed by atoms with Crippen LogP contribution in [0, 0.1) is 5.92 Å². The van der Waals surface area contributed by atoms with Crippen LogP contribution >= 0.6 is 0 Å². The lowest BCUT2D eigenvalue weighted by Crippen LogP contribution is -2.44. The van der Waals surface area contributed by atoms with E-state index < -0.39 is 17.9 Å². The van der Waals surface area contributed by atoms with Crippen molar-refractivity contribution >= 4 is 17.8 Å². The normalized spacial score (nSPS) is 20.0. The van der Waals surface area contributed by atoms with Crippen molar-refractivity contribution in [1.29, 1.82) is 0 Å². The van der Waals surface area contributed by atoms with Crippen molar-refractivity contribution < 1.29 is 24.2 Å². The third-order valence-electron chi connectivity index (χ3n) is 3.34. The highest BCUT2D eigenvalue weighted by molar-refractivity contribution is 5.91. The number of nitrogens with zero attached hydrogens (tertiary/aromatic N) is 1. The Morgan fingerprint density at radius 2 is 2.25 bits per heavy atom. The highest BCUT2D eigenvalue weighted by Gasteiger charge is 2.35. The van der Waals surface area contributed by atoms with Crippen molar-refractivity contribution in [1.82, 2.24) is 10.2 Å². The smallest absolute Gasteiger partial charge is 0.326 e.